The Kier molecular flexibility index (Phi) is 2.27. The molecule has 0 aliphatic heterocycles. The summed E-state index contributed by atoms with van der Waals surface area (Å²) in [6, 6.07) is 11.0. The van der Waals surface area contributed by atoms with E-state index in [2.05, 4.69) is 0 Å². The van der Waals surface area contributed by atoms with Gasteiger partial charge >= 0.3 is 0 Å². The van der Waals surface area contributed by atoms with E-state index in [0.29, 0.717) is 11.1 Å². The largest absolute Gasteiger partial charge is 0.285 e. The topological polar surface area (TPSA) is 34.1 Å². The second-order valence-electron chi connectivity index (χ2n) is 3.78. The van der Waals surface area contributed by atoms with Gasteiger partial charge in [0.2, 0.25) is 11.6 Å². The van der Waals surface area contributed by atoms with E-state index in [9.17, 15) is 9.59 Å². The number of carbonyl (C=O) groups is 2. The molecule has 1 aliphatic rings. The lowest BCUT2D eigenvalue weighted by Crippen LogP contribution is -2.05. The van der Waals surface area contributed by atoms with Crippen molar-refractivity contribution in [3.05, 3.63) is 57.8 Å². The van der Waals surface area contributed by atoms with E-state index in [4.69, 9.17) is 0 Å². The van der Waals surface area contributed by atoms with Gasteiger partial charge in [-0.05, 0) is 23.1 Å². The van der Waals surface area contributed by atoms with Crippen LogP contribution in [0.5, 0.6) is 0 Å². The van der Waals surface area contributed by atoms with E-state index in [1.807, 2.05) is 29.6 Å². The smallest absolute Gasteiger partial charge is 0.234 e. The molecule has 1 aliphatic carbocycles. The Labute approximate surface area is 102 Å². The van der Waals surface area contributed by atoms with Gasteiger partial charge in [-0.3, -0.25) is 9.59 Å². The fraction of sp³-hybridized carbons (Fsp3) is 0. The summed E-state index contributed by atoms with van der Waals surface area (Å²) in [5.41, 5.74) is 1.77. The molecule has 0 radical (unpaired) electrons. The summed E-state index contributed by atoms with van der Waals surface area (Å²) in [5.74, 6) is -0.803. The number of carbonyl (C=O) groups excluding carboxylic acids is 2. The van der Waals surface area contributed by atoms with Crippen LogP contribution in [0.3, 0.4) is 0 Å². The fourth-order valence-corrected chi connectivity index (χ4v) is 2.60. The molecule has 82 valence electrons. The molecule has 0 bridgehead atoms. The first-order valence-corrected chi connectivity index (χ1v) is 6.09. The van der Waals surface area contributed by atoms with Gasteiger partial charge in [0.05, 0.1) is 0 Å². The number of hydrogen-bond acceptors (Lipinski definition) is 3. The molecule has 1 aromatic carbocycles. The van der Waals surface area contributed by atoms with Gasteiger partial charge in [-0.25, -0.2) is 0 Å². The van der Waals surface area contributed by atoms with E-state index in [1.54, 1.807) is 29.5 Å². The number of ketones is 2. The maximum absolute atomic E-state index is 11.9. The third-order valence-corrected chi connectivity index (χ3v) is 3.56. The van der Waals surface area contributed by atoms with Crippen molar-refractivity contribution in [1.29, 1.82) is 0 Å². The summed E-state index contributed by atoms with van der Waals surface area (Å²) < 4.78 is 0. The van der Waals surface area contributed by atoms with Gasteiger partial charge in [0.15, 0.2) is 0 Å². The Bertz CT molecular complexity index is 636. The van der Waals surface area contributed by atoms with Gasteiger partial charge in [-0.1, -0.05) is 30.3 Å². The molecule has 3 heteroatoms. The molecule has 0 spiro atoms. The third-order valence-electron chi connectivity index (χ3n) is 2.74. The molecule has 0 unspecified atom stereocenters. The van der Waals surface area contributed by atoms with E-state index >= 15 is 0 Å². The third kappa shape index (κ3) is 1.56. The first-order chi connectivity index (χ1) is 8.27. The number of rotatable bonds is 1. The number of thiophene rings is 1. The van der Waals surface area contributed by atoms with Gasteiger partial charge < -0.3 is 0 Å². The first-order valence-electron chi connectivity index (χ1n) is 5.21. The molecule has 1 heterocycles. The molecule has 0 saturated carbocycles. The zero-order valence-corrected chi connectivity index (χ0v) is 9.66. The molecule has 0 saturated heterocycles. The summed E-state index contributed by atoms with van der Waals surface area (Å²) in [4.78, 5) is 24.6. The van der Waals surface area contributed by atoms with Crippen molar-refractivity contribution in [2.24, 2.45) is 0 Å². The molecule has 0 fully saturated rings. The van der Waals surface area contributed by atoms with Crippen LogP contribution in [-0.4, -0.2) is 11.6 Å². The number of benzene rings is 1. The lowest BCUT2D eigenvalue weighted by atomic mass is 10.1. The van der Waals surface area contributed by atoms with Crippen LogP contribution >= 0.6 is 11.3 Å². The van der Waals surface area contributed by atoms with Crippen LogP contribution in [0.25, 0.3) is 11.6 Å². The normalized spacial score (nSPS) is 16.6. The number of hydrogen-bond donors (Lipinski definition) is 0. The molecule has 2 nitrogen and oxygen atoms in total. The predicted molar refractivity (Wildman–Crippen MR) is 68.0 cm³/mol. The number of allylic oxidation sites excluding steroid dienone is 1. The van der Waals surface area contributed by atoms with Crippen molar-refractivity contribution in [1.82, 2.24) is 0 Å². The lowest BCUT2D eigenvalue weighted by molar-refractivity contribution is -0.109. The second kappa shape index (κ2) is 3.79. The van der Waals surface area contributed by atoms with Crippen molar-refractivity contribution >= 4 is 34.6 Å². The molecule has 17 heavy (non-hydrogen) atoms. The Morgan fingerprint density at radius 3 is 2.35 bits per heavy atom. The van der Waals surface area contributed by atoms with Crippen molar-refractivity contribution < 1.29 is 9.59 Å². The maximum Gasteiger partial charge on any atom is 0.234 e. The van der Waals surface area contributed by atoms with Crippen LogP contribution in [0.1, 0.15) is 20.8 Å². The standard InChI is InChI=1S/C14H8O2S/c15-13-11-6-2-1-5-10(11)12(14(13)16)8-9-4-3-7-17-9/h1-8H/b12-8+. The lowest BCUT2D eigenvalue weighted by Gasteiger charge is -1.96. The highest BCUT2D eigenvalue weighted by atomic mass is 32.1. The summed E-state index contributed by atoms with van der Waals surface area (Å²) in [7, 11) is 0. The minimum Gasteiger partial charge on any atom is -0.285 e. The van der Waals surface area contributed by atoms with Crippen LogP contribution in [0.15, 0.2) is 41.8 Å². The van der Waals surface area contributed by atoms with E-state index in [-0.39, 0.29) is 0 Å². The molecule has 0 atom stereocenters. The Morgan fingerprint density at radius 2 is 1.65 bits per heavy atom. The van der Waals surface area contributed by atoms with Crippen LogP contribution in [-0.2, 0) is 4.79 Å². The SMILES string of the molecule is O=C1C(=O)c2ccccc2/C1=C\c1cccs1. The van der Waals surface area contributed by atoms with Gasteiger partial charge in [-0.15, -0.1) is 11.3 Å². The summed E-state index contributed by atoms with van der Waals surface area (Å²) >= 11 is 1.55. The van der Waals surface area contributed by atoms with Gasteiger partial charge in [0, 0.05) is 16.0 Å². The van der Waals surface area contributed by atoms with Gasteiger partial charge in [0.1, 0.15) is 0 Å². The zero-order chi connectivity index (χ0) is 11.8. The first kappa shape index (κ1) is 10.2. The Hall–Kier alpha value is -2.00. The van der Waals surface area contributed by atoms with Crippen LogP contribution in [0.4, 0.5) is 0 Å². The van der Waals surface area contributed by atoms with E-state index < -0.39 is 11.6 Å². The molecule has 0 N–H and O–H groups in total. The number of fused-ring (bicyclic) bond motifs is 1. The summed E-state index contributed by atoms with van der Waals surface area (Å²) in [6.45, 7) is 0. The highest BCUT2D eigenvalue weighted by molar-refractivity contribution is 7.11. The van der Waals surface area contributed by atoms with Crippen molar-refractivity contribution in [2.45, 2.75) is 0 Å². The average molecular weight is 240 g/mol. The Balaban J connectivity index is 2.19. The van der Waals surface area contributed by atoms with Crippen molar-refractivity contribution in [3.63, 3.8) is 0 Å². The van der Waals surface area contributed by atoms with Crippen molar-refractivity contribution in [2.75, 3.05) is 0 Å². The maximum atomic E-state index is 11.9. The monoisotopic (exact) mass is 240 g/mol. The highest BCUT2D eigenvalue weighted by Crippen LogP contribution is 2.31. The molecule has 0 amide bonds. The molecule has 2 aromatic rings. The van der Waals surface area contributed by atoms with Crippen LogP contribution in [0, 0.1) is 0 Å². The van der Waals surface area contributed by atoms with E-state index in [1.165, 1.54) is 0 Å². The van der Waals surface area contributed by atoms with E-state index in [0.717, 1.165) is 10.4 Å². The molecule has 1 aromatic heterocycles. The quantitative estimate of drug-likeness (QED) is 0.567. The minimum atomic E-state index is -0.403. The number of Topliss-reactive ketones (excluding diaryl/α,β-unsaturated/α-hetero) is 2. The second-order valence-corrected chi connectivity index (χ2v) is 4.76. The van der Waals surface area contributed by atoms with Crippen LogP contribution in [0.2, 0.25) is 0 Å². The molecule has 3 rings (SSSR count). The highest BCUT2D eigenvalue weighted by Gasteiger charge is 2.32. The molecular weight excluding hydrogens is 232 g/mol. The fourth-order valence-electron chi connectivity index (χ4n) is 1.94. The predicted octanol–water partition coefficient (Wildman–Crippen LogP) is 3.05. The summed E-state index contributed by atoms with van der Waals surface area (Å²) in [6.07, 6.45) is 1.79. The minimum absolute atomic E-state index is 0.400. The van der Waals surface area contributed by atoms with Gasteiger partial charge in [0.25, 0.3) is 0 Å². The van der Waals surface area contributed by atoms with Crippen LogP contribution < -0.4 is 0 Å². The Morgan fingerprint density at radius 1 is 0.882 bits per heavy atom. The zero-order valence-electron chi connectivity index (χ0n) is 8.84. The van der Waals surface area contributed by atoms with Crippen molar-refractivity contribution in [3.8, 4) is 0 Å². The summed E-state index contributed by atoms with van der Waals surface area (Å²) in [5, 5.41) is 1.94. The average Bonchev–Trinajstić information content (AvgIpc) is 2.94. The molecular formula is C14H8O2S. The van der Waals surface area contributed by atoms with Gasteiger partial charge in [-0.2, -0.15) is 0 Å².